The van der Waals surface area contributed by atoms with Crippen LogP contribution in [0.1, 0.15) is 37.3 Å². The zero-order valence-electron chi connectivity index (χ0n) is 9.58. The molecule has 16 heavy (non-hydrogen) atoms. The molecule has 1 aromatic rings. The first-order valence-electron chi connectivity index (χ1n) is 5.95. The van der Waals surface area contributed by atoms with Gasteiger partial charge < -0.3 is 15.2 Å². The Kier molecular flexibility index (Phi) is 2.11. The molecule has 1 aromatic carbocycles. The highest BCUT2D eigenvalue weighted by Crippen LogP contribution is 2.45. The average Bonchev–Trinajstić information content (AvgIpc) is 2.71. The van der Waals surface area contributed by atoms with Crippen molar-refractivity contribution in [2.45, 2.75) is 38.1 Å². The highest BCUT2D eigenvalue weighted by molar-refractivity contribution is 5.51. The van der Waals surface area contributed by atoms with Crippen LogP contribution in [0.3, 0.4) is 0 Å². The number of rotatable bonds is 2. The minimum absolute atomic E-state index is 0.119. The molecular formula is C13H17NO2. The highest BCUT2D eigenvalue weighted by atomic mass is 16.7. The molecular weight excluding hydrogens is 202 g/mol. The van der Waals surface area contributed by atoms with Gasteiger partial charge in [-0.05, 0) is 48.9 Å². The smallest absolute Gasteiger partial charge is 0.231 e. The normalized spacial score (nSPS) is 20.6. The summed E-state index contributed by atoms with van der Waals surface area (Å²) in [6, 6.07) is 4.17. The first-order chi connectivity index (χ1) is 7.73. The Bertz CT molecular complexity index is 424. The van der Waals surface area contributed by atoms with Crippen molar-refractivity contribution < 1.29 is 9.47 Å². The van der Waals surface area contributed by atoms with E-state index >= 15 is 0 Å². The van der Waals surface area contributed by atoms with E-state index < -0.39 is 0 Å². The molecule has 1 heterocycles. The molecule has 0 unspecified atom stereocenters. The predicted octanol–water partition coefficient (Wildman–Crippen LogP) is 2.32. The van der Waals surface area contributed by atoms with Crippen LogP contribution in [0, 0.1) is 0 Å². The lowest BCUT2D eigenvalue weighted by Gasteiger charge is -2.40. The van der Waals surface area contributed by atoms with Crippen molar-refractivity contribution in [3.63, 3.8) is 0 Å². The Morgan fingerprint density at radius 2 is 1.94 bits per heavy atom. The molecule has 0 aromatic heterocycles. The molecule has 0 saturated heterocycles. The van der Waals surface area contributed by atoms with E-state index in [-0.39, 0.29) is 5.54 Å². The molecule has 86 valence electrons. The van der Waals surface area contributed by atoms with Crippen molar-refractivity contribution in [1.29, 1.82) is 0 Å². The molecule has 2 aliphatic rings. The van der Waals surface area contributed by atoms with Gasteiger partial charge in [0.25, 0.3) is 0 Å². The topological polar surface area (TPSA) is 44.5 Å². The monoisotopic (exact) mass is 219 g/mol. The minimum atomic E-state index is -0.119. The minimum Gasteiger partial charge on any atom is -0.454 e. The lowest BCUT2D eigenvalue weighted by molar-refractivity contribution is 0.173. The number of benzene rings is 1. The summed E-state index contributed by atoms with van der Waals surface area (Å²) in [6.45, 7) is 2.49. The second kappa shape index (κ2) is 3.39. The molecule has 1 fully saturated rings. The number of ether oxygens (including phenoxy) is 2. The Morgan fingerprint density at radius 3 is 2.50 bits per heavy atom. The second-order valence-corrected chi connectivity index (χ2v) is 4.73. The summed E-state index contributed by atoms with van der Waals surface area (Å²) in [5, 5.41) is 0. The first-order valence-corrected chi connectivity index (χ1v) is 5.95. The molecule has 3 rings (SSSR count). The van der Waals surface area contributed by atoms with Crippen LogP contribution in [0.25, 0.3) is 0 Å². The molecule has 0 atom stereocenters. The summed E-state index contributed by atoms with van der Waals surface area (Å²) < 4.78 is 10.8. The number of fused-ring (bicyclic) bond motifs is 1. The van der Waals surface area contributed by atoms with Gasteiger partial charge in [-0.25, -0.2) is 0 Å². The van der Waals surface area contributed by atoms with Gasteiger partial charge in [0.05, 0.1) is 0 Å². The van der Waals surface area contributed by atoms with Crippen molar-refractivity contribution in [2.75, 3.05) is 6.79 Å². The van der Waals surface area contributed by atoms with E-state index in [1.54, 1.807) is 0 Å². The highest BCUT2D eigenvalue weighted by Gasteiger charge is 2.37. The molecule has 1 saturated carbocycles. The molecule has 3 nitrogen and oxygen atoms in total. The van der Waals surface area contributed by atoms with Crippen LogP contribution in [0.2, 0.25) is 0 Å². The van der Waals surface area contributed by atoms with Gasteiger partial charge in [0.2, 0.25) is 6.79 Å². The van der Waals surface area contributed by atoms with Gasteiger partial charge in [0, 0.05) is 5.54 Å². The predicted molar refractivity (Wildman–Crippen MR) is 61.7 cm³/mol. The fourth-order valence-corrected chi connectivity index (χ4v) is 2.57. The van der Waals surface area contributed by atoms with E-state index in [1.807, 2.05) is 0 Å². The molecule has 3 heteroatoms. The zero-order chi connectivity index (χ0) is 11.2. The number of nitrogens with two attached hydrogens (primary N) is 1. The SMILES string of the molecule is CCc1cc2c(cc1C1(N)CCC1)OCO2. The molecule has 0 radical (unpaired) electrons. The van der Waals surface area contributed by atoms with Gasteiger partial charge in [-0.3, -0.25) is 0 Å². The summed E-state index contributed by atoms with van der Waals surface area (Å²) in [4.78, 5) is 0. The fraction of sp³-hybridized carbons (Fsp3) is 0.538. The summed E-state index contributed by atoms with van der Waals surface area (Å²) in [5.74, 6) is 1.72. The van der Waals surface area contributed by atoms with Crippen LogP contribution < -0.4 is 15.2 Å². The van der Waals surface area contributed by atoms with Crippen LogP contribution in [0.15, 0.2) is 12.1 Å². The lowest BCUT2D eigenvalue weighted by atomic mass is 9.71. The van der Waals surface area contributed by atoms with Crippen molar-refractivity contribution in [3.8, 4) is 11.5 Å². The lowest BCUT2D eigenvalue weighted by Crippen LogP contribution is -2.44. The molecule has 2 N–H and O–H groups in total. The third-order valence-corrected chi connectivity index (χ3v) is 3.76. The largest absolute Gasteiger partial charge is 0.454 e. The quantitative estimate of drug-likeness (QED) is 0.830. The summed E-state index contributed by atoms with van der Waals surface area (Å²) >= 11 is 0. The number of hydrogen-bond donors (Lipinski definition) is 1. The van der Waals surface area contributed by atoms with Crippen molar-refractivity contribution in [3.05, 3.63) is 23.3 Å². The Morgan fingerprint density at radius 1 is 1.25 bits per heavy atom. The van der Waals surface area contributed by atoms with Gasteiger partial charge in [0.1, 0.15) is 0 Å². The van der Waals surface area contributed by atoms with Gasteiger partial charge >= 0.3 is 0 Å². The molecule has 0 amide bonds. The van der Waals surface area contributed by atoms with Crippen LogP contribution in [-0.4, -0.2) is 6.79 Å². The van der Waals surface area contributed by atoms with Gasteiger partial charge in [0.15, 0.2) is 11.5 Å². The van der Waals surface area contributed by atoms with Crippen molar-refractivity contribution in [1.82, 2.24) is 0 Å². The Balaban J connectivity index is 2.09. The summed E-state index contributed by atoms with van der Waals surface area (Å²) in [5.41, 5.74) is 8.83. The number of aryl methyl sites for hydroxylation is 1. The third-order valence-electron chi connectivity index (χ3n) is 3.76. The Hall–Kier alpha value is -1.22. The van der Waals surface area contributed by atoms with E-state index in [1.165, 1.54) is 17.5 Å². The van der Waals surface area contributed by atoms with Gasteiger partial charge in [-0.2, -0.15) is 0 Å². The van der Waals surface area contributed by atoms with Crippen LogP contribution in [-0.2, 0) is 12.0 Å². The van der Waals surface area contributed by atoms with Crippen LogP contribution >= 0.6 is 0 Å². The van der Waals surface area contributed by atoms with Gasteiger partial charge in [-0.15, -0.1) is 0 Å². The second-order valence-electron chi connectivity index (χ2n) is 4.73. The zero-order valence-corrected chi connectivity index (χ0v) is 9.58. The van der Waals surface area contributed by atoms with Crippen LogP contribution in [0.4, 0.5) is 0 Å². The average molecular weight is 219 g/mol. The summed E-state index contributed by atoms with van der Waals surface area (Å²) in [7, 11) is 0. The van der Waals surface area contributed by atoms with Gasteiger partial charge in [-0.1, -0.05) is 6.92 Å². The van der Waals surface area contributed by atoms with Crippen molar-refractivity contribution in [2.24, 2.45) is 5.73 Å². The maximum atomic E-state index is 6.40. The Labute approximate surface area is 95.5 Å². The fourth-order valence-electron chi connectivity index (χ4n) is 2.57. The first kappa shape index (κ1) is 9.97. The van der Waals surface area contributed by atoms with E-state index in [0.29, 0.717) is 6.79 Å². The molecule has 1 aliphatic carbocycles. The standard InChI is InChI=1S/C13H17NO2/c1-2-9-6-11-12(16-8-15-11)7-10(9)13(14)4-3-5-13/h6-7H,2-5,8,14H2,1H3. The third kappa shape index (κ3) is 1.31. The molecule has 1 aliphatic heterocycles. The summed E-state index contributed by atoms with van der Waals surface area (Å²) in [6.07, 6.45) is 4.39. The van der Waals surface area contributed by atoms with E-state index in [9.17, 15) is 0 Å². The molecule has 0 bridgehead atoms. The number of hydrogen-bond acceptors (Lipinski definition) is 3. The molecule has 0 spiro atoms. The van der Waals surface area contributed by atoms with E-state index in [2.05, 4.69) is 19.1 Å². The maximum absolute atomic E-state index is 6.40. The van der Waals surface area contributed by atoms with Crippen LogP contribution in [0.5, 0.6) is 11.5 Å². The van der Waals surface area contributed by atoms with E-state index in [4.69, 9.17) is 15.2 Å². The van der Waals surface area contributed by atoms with E-state index in [0.717, 1.165) is 30.8 Å². The van der Waals surface area contributed by atoms with Crippen molar-refractivity contribution >= 4 is 0 Å². The maximum Gasteiger partial charge on any atom is 0.231 e.